The zero-order chi connectivity index (χ0) is 18.9. The first-order valence-corrected chi connectivity index (χ1v) is 9.05. The van der Waals surface area contributed by atoms with E-state index in [9.17, 15) is 0 Å². The number of ether oxygens (including phenoxy) is 2. The van der Waals surface area contributed by atoms with E-state index in [4.69, 9.17) is 15.2 Å². The lowest BCUT2D eigenvalue weighted by atomic mass is 10.1. The van der Waals surface area contributed by atoms with Crippen molar-refractivity contribution in [2.45, 2.75) is 34.1 Å². The minimum atomic E-state index is 0.422. The molecule has 2 aromatic rings. The standard InChI is InChI=1S/C21H29N3O2/c1-5-25-19-8-7-17(14-20(19)26-6-2)9-10-23-21(22)24-18-12-15(3)11-16(4)13-18/h7-8,11-14H,5-6,9-10H2,1-4H3,(H3,22,23,24). The maximum atomic E-state index is 6.01. The Bertz CT molecular complexity index is 737. The third kappa shape index (κ3) is 5.99. The van der Waals surface area contributed by atoms with Gasteiger partial charge in [-0.05, 0) is 75.1 Å². The molecule has 0 aromatic heterocycles. The summed E-state index contributed by atoms with van der Waals surface area (Å²) >= 11 is 0. The molecule has 26 heavy (non-hydrogen) atoms. The fourth-order valence-corrected chi connectivity index (χ4v) is 2.79. The number of aliphatic imine (C=N–C) groups is 1. The van der Waals surface area contributed by atoms with E-state index in [-0.39, 0.29) is 0 Å². The van der Waals surface area contributed by atoms with Crippen LogP contribution < -0.4 is 20.5 Å². The Hall–Kier alpha value is -2.69. The van der Waals surface area contributed by atoms with Gasteiger partial charge < -0.3 is 20.5 Å². The molecule has 3 N–H and O–H groups in total. The van der Waals surface area contributed by atoms with Gasteiger partial charge in [-0.1, -0.05) is 12.1 Å². The Balaban J connectivity index is 1.97. The number of nitrogens with one attached hydrogen (secondary N) is 1. The van der Waals surface area contributed by atoms with Gasteiger partial charge in [0, 0.05) is 12.2 Å². The summed E-state index contributed by atoms with van der Waals surface area (Å²) < 4.78 is 11.3. The van der Waals surface area contributed by atoms with Crippen LogP contribution in [0.15, 0.2) is 41.4 Å². The molecule has 0 fully saturated rings. The van der Waals surface area contributed by atoms with Gasteiger partial charge in [-0.2, -0.15) is 0 Å². The van der Waals surface area contributed by atoms with Crippen molar-refractivity contribution in [2.75, 3.05) is 25.1 Å². The number of anilines is 1. The number of nitrogens with zero attached hydrogens (tertiary/aromatic N) is 1. The van der Waals surface area contributed by atoms with E-state index in [1.165, 1.54) is 11.1 Å². The number of hydrogen-bond donors (Lipinski definition) is 2. The zero-order valence-electron chi connectivity index (χ0n) is 16.1. The maximum absolute atomic E-state index is 6.01. The van der Waals surface area contributed by atoms with Gasteiger partial charge in [0.25, 0.3) is 0 Å². The molecule has 0 amide bonds. The van der Waals surface area contributed by atoms with E-state index in [1.54, 1.807) is 0 Å². The highest BCUT2D eigenvalue weighted by molar-refractivity contribution is 5.92. The molecule has 140 valence electrons. The normalized spacial score (nSPS) is 11.3. The van der Waals surface area contributed by atoms with Gasteiger partial charge in [-0.25, -0.2) is 0 Å². The van der Waals surface area contributed by atoms with Crippen molar-refractivity contribution >= 4 is 11.6 Å². The zero-order valence-corrected chi connectivity index (χ0v) is 16.1. The fraction of sp³-hybridized carbons (Fsp3) is 0.381. The van der Waals surface area contributed by atoms with Crippen LogP contribution >= 0.6 is 0 Å². The summed E-state index contributed by atoms with van der Waals surface area (Å²) in [5, 5.41) is 3.15. The van der Waals surface area contributed by atoms with E-state index < -0.39 is 0 Å². The molecule has 0 bridgehead atoms. The summed E-state index contributed by atoms with van der Waals surface area (Å²) in [5.74, 6) is 1.97. The maximum Gasteiger partial charge on any atom is 0.193 e. The molecule has 0 saturated heterocycles. The summed E-state index contributed by atoms with van der Waals surface area (Å²) in [7, 11) is 0. The number of benzene rings is 2. The van der Waals surface area contributed by atoms with Crippen molar-refractivity contribution in [2.24, 2.45) is 10.7 Å². The molecule has 0 unspecified atom stereocenters. The van der Waals surface area contributed by atoms with Crippen molar-refractivity contribution in [3.8, 4) is 11.5 Å². The summed E-state index contributed by atoms with van der Waals surface area (Å²) in [6.45, 7) is 9.87. The third-order valence-corrected chi connectivity index (χ3v) is 3.78. The van der Waals surface area contributed by atoms with E-state index in [2.05, 4.69) is 42.4 Å². The van der Waals surface area contributed by atoms with Crippen LogP contribution in [0.3, 0.4) is 0 Å². The largest absolute Gasteiger partial charge is 0.490 e. The Labute approximate surface area is 156 Å². The minimum absolute atomic E-state index is 0.422. The molecule has 0 aliphatic heterocycles. The number of nitrogens with two attached hydrogens (primary N) is 1. The van der Waals surface area contributed by atoms with Crippen molar-refractivity contribution in [3.05, 3.63) is 53.1 Å². The first kappa shape index (κ1) is 19.6. The SMILES string of the molecule is CCOc1ccc(CCN=C(N)Nc2cc(C)cc(C)c2)cc1OCC. The van der Waals surface area contributed by atoms with Gasteiger partial charge >= 0.3 is 0 Å². The summed E-state index contributed by atoms with van der Waals surface area (Å²) in [5.41, 5.74) is 10.5. The number of rotatable bonds is 8. The van der Waals surface area contributed by atoms with Gasteiger partial charge in [-0.15, -0.1) is 0 Å². The van der Waals surface area contributed by atoms with Crippen molar-refractivity contribution in [1.82, 2.24) is 0 Å². The molecule has 0 heterocycles. The van der Waals surface area contributed by atoms with E-state index in [1.807, 2.05) is 32.0 Å². The van der Waals surface area contributed by atoms with Crippen LogP contribution in [0.4, 0.5) is 5.69 Å². The molecule has 5 heteroatoms. The molecule has 0 atom stereocenters. The lowest BCUT2D eigenvalue weighted by Crippen LogP contribution is -2.23. The monoisotopic (exact) mass is 355 g/mol. The Morgan fingerprint density at radius 2 is 1.62 bits per heavy atom. The quantitative estimate of drug-likeness (QED) is 0.553. The Kier molecular flexibility index (Phi) is 7.33. The predicted octanol–water partition coefficient (Wildman–Crippen LogP) is 4.07. The average molecular weight is 355 g/mol. The predicted molar refractivity (Wildman–Crippen MR) is 109 cm³/mol. The number of aryl methyl sites for hydroxylation is 2. The van der Waals surface area contributed by atoms with Crippen molar-refractivity contribution in [1.29, 1.82) is 0 Å². The van der Waals surface area contributed by atoms with Crippen LogP contribution in [0.1, 0.15) is 30.5 Å². The molecule has 0 spiro atoms. The van der Waals surface area contributed by atoms with Crippen LogP contribution in [0, 0.1) is 13.8 Å². The van der Waals surface area contributed by atoms with E-state index >= 15 is 0 Å². The van der Waals surface area contributed by atoms with Gasteiger partial charge in [-0.3, -0.25) is 4.99 Å². The van der Waals surface area contributed by atoms with Crippen LogP contribution in [-0.2, 0) is 6.42 Å². The highest BCUT2D eigenvalue weighted by atomic mass is 16.5. The molecule has 2 rings (SSSR count). The average Bonchev–Trinajstić information content (AvgIpc) is 2.56. The molecule has 0 aliphatic carbocycles. The summed E-state index contributed by atoms with van der Waals surface area (Å²) in [6, 6.07) is 12.2. The van der Waals surface area contributed by atoms with Crippen LogP contribution in [0.5, 0.6) is 11.5 Å². The van der Waals surface area contributed by atoms with Gasteiger partial charge in [0.1, 0.15) is 0 Å². The van der Waals surface area contributed by atoms with Crippen LogP contribution in [0.2, 0.25) is 0 Å². The van der Waals surface area contributed by atoms with Crippen molar-refractivity contribution in [3.63, 3.8) is 0 Å². The Morgan fingerprint density at radius 3 is 2.27 bits per heavy atom. The lowest BCUT2D eigenvalue weighted by Gasteiger charge is -2.12. The Morgan fingerprint density at radius 1 is 0.962 bits per heavy atom. The molecular formula is C21H29N3O2. The van der Waals surface area contributed by atoms with Crippen molar-refractivity contribution < 1.29 is 9.47 Å². The van der Waals surface area contributed by atoms with Gasteiger partial charge in [0.05, 0.1) is 13.2 Å². The minimum Gasteiger partial charge on any atom is -0.490 e. The first-order chi connectivity index (χ1) is 12.5. The highest BCUT2D eigenvalue weighted by Crippen LogP contribution is 2.28. The summed E-state index contributed by atoms with van der Waals surface area (Å²) in [6.07, 6.45) is 0.779. The molecule has 0 saturated carbocycles. The molecule has 5 nitrogen and oxygen atoms in total. The summed E-state index contributed by atoms with van der Waals surface area (Å²) in [4.78, 5) is 4.42. The van der Waals surface area contributed by atoms with Crippen LogP contribution in [-0.4, -0.2) is 25.7 Å². The topological polar surface area (TPSA) is 68.9 Å². The lowest BCUT2D eigenvalue weighted by molar-refractivity contribution is 0.287. The third-order valence-electron chi connectivity index (χ3n) is 3.78. The van der Waals surface area contributed by atoms with E-state index in [0.717, 1.165) is 29.2 Å². The fourth-order valence-electron chi connectivity index (χ4n) is 2.79. The molecular weight excluding hydrogens is 326 g/mol. The molecule has 0 aliphatic rings. The second kappa shape index (κ2) is 9.70. The molecule has 0 radical (unpaired) electrons. The first-order valence-electron chi connectivity index (χ1n) is 9.05. The second-order valence-electron chi connectivity index (χ2n) is 6.17. The van der Waals surface area contributed by atoms with E-state index in [0.29, 0.717) is 25.7 Å². The highest BCUT2D eigenvalue weighted by Gasteiger charge is 2.06. The second-order valence-corrected chi connectivity index (χ2v) is 6.17. The van der Waals surface area contributed by atoms with Gasteiger partial charge in [0.15, 0.2) is 17.5 Å². The smallest absolute Gasteiger partial charge is 0.193 e. The number of guanidine groups is 1. The number of hydrogen-bond acceptors (Lipinski definition) is 3. The van der Waals surface area contributed by atoms with Crippen LogP contribution in [0.25, 0.3) is 0 Å². The van der Waals surface area contributed by atoms with Gasteiger partial charge in [0.2, 0.25) is 0 Å². The molecule has 2 aromatic carbocycles.